The Kier molecular flexibility index (Phi) is 11.6. The van der Waals surface area contributed by atoms with Gasteiger partial charge >= 0.3 is 17.9 Å². The van der Waals surface area contributed by atoms with Crippen LogP contribution in [0.2, 0.25) is 0 Å². The molecule has 0 amide bonds. The summed E-state index contributed by atoms with van der Waals surface area (Å²) in [5.41, 5.74) is 1.71. The van der Waals surface area contributed by atoms with E-state index in [9.17, 15) is 14.4 Å². The maximum absolute atomic E-state index is 10.3. The van der Waals surface area contributed by atoms with Crippen molar-refractivity contribution in [2.75, 3.05) is 27.4 Å². The third kappa shape index (κ3) is 9.55. The van der Waals surface area contributed by atoms with Crippen LogP contribution in [-0.4, -0.2) is 81.2 Å². The topological polar surface area (TPSA) is 176 Å². The zero-order valence-electron chi connectivity index (χ0n) is 23.8. The molecule has 12 heteroatoms. The van der Waals surface area contributed by atoms with Crippen LogP contribution in [0.5, 0.6) is 17.2 Å². The van der Waals surface area contributed by atoms with E-state index in [0.717, 1.165) is 47.2 Å². The van der Waals surface area contributed by atoms with Crippen molar-refractivity contribution < 1.29 is 49.0 Å². The largest absolute Gasteiger partial charge is 0.493 e. The number of nitrogens with zero attached hydrogens (tertiary/aromatic N) is 2. The third-order valence-corrected chi connectivity index (χ3v) is 6.39. The van der Waals surface area contributed by atoms with E-state index in [1.165, 1.54) is 5.57 Å². The number of ether oxygens (including phenoxy) is 3. The van der Waals surface area contributed by atoms with Gasteiger partial charge in [-0.25, -0.2) is 4.79 Å². The fraction of sp³-hybridized carbons (Fsp3) is 0.290. The van der Waals surface area contributed by atoms with E-state index in [1.807, 2.05) is 48.7 Å². The number of hydrogen-bond donors (Lipinski definition) is 4. The minimum Gasteiger partial charge on any atom is -0.493 e. The number of rotatable bonds is 13. The molecule has 0 atom stereocenters. The fourth-order valence-electron chi connectivity index (χ4n) is 4.46. The number of carbonyl (C=O) groups is 3. The van der Waals surface area contributed by atoms with E-state index in [-0.39, 0.29) is 0 Å². The molecule has 2 heterocycles. The molecule has 12 nitrogen and oxygen atoms in total. The zero-order chi connectivity index (χ0) is 31.4. The highest BCUT2D eigenvalue weighted by Crippen LogP contribution is 2.32. The molecule has 0 radical (unpaired) electrons. The van der Waals surface area contributed by atoms with E-state index >= 15 is 0 Å². The van der Waals surface area contributed by atoms with Crippen molar-refractivity contribution in [1.82, 2.24) is 9.88 Å². The Morgan fingerprint density at radius 2 is 1.58 bits per heavy atom. The Bertz CT molecular complexity index is 1430. The molecule has 0 spiro atoms. The zero-order valence-corrected chi connectivity index (χ0v) is 23.8. The van der Waals surface area contributed by atoms with Crippen LogP contribution in [0.15, 0.2) is 72.4 Å². The Morgan fingerprint density at radius 1 is 0.884 bits per heavy atom. The predicted octanol–water partition coefficient (Wildman–Crippen LogP) is 3.33. The molecule has 228 valence electrons. The minimum absolute atomic E-state index is 0.588. The van der Waals surface area contributed by atoms with E-state index in [2.05, 4.69) is 34.2 Å². The number of benzene rings is 2. The summed E-state index contributed by atoms with van der Waals surface area (Å²) in [5, 5.41) is 33.8. The van der Waals surface area contributed by atoms with E-state index < -0.39 is 36.4 Å². The number of para-hydroxylation sites is 2. The molecule has 2 aromatic carbocycles. The number of carboxylic acid groups (broad SMARTS) is 3. The summed E-state index contributed by atoms with van der Waals surface area (Å²) in [7, 11) is 3.34. The summed E-state index contributed by atoms with van der Waals surface area (Å²) in [6.07, 6.45) is 1.77. The smallest absolute Gasteiger partial charge is 0.336 e. The number of methoxy groups -OCH3 is 2. The molecular formula is C31H34N2O10. The van der Waals surface area contributed by atoms with Crippen LogP contribution in [0, 0.1) is 0 Å². The summed E-state index contributed by atoms with van der Waals surface area (Å²) in [6.45, 7) is 2.78. The van der Waals surface area contributed by atoms with Gasteiger partial charge in [0.1, 0.15) is 12.4 Å². The monoisotopic (exact) mass is 594 g/mol. The first-order valence-corrected chi connectivity index (χ1v) is 13.2. The van der Waals surface area contributed by atoms with Crippen molar-refractivity contribution in [3.8, 4) is 17.2 Å². The van der Waals surface area contributed by atoms with Crippen molar-refractivity contribution in [2.24, 2.45) is 0 Å². The number of hydrogen-bond acceptors (Lipinski definition) is 9. The van der Waals surface area contributed by atoms with Crippen LogP contribution in [0.3, 0.4) is 0 Å². The Labute approximate surface area is 248 Å². The summed E-state index contributed by atoms with van der Waals surface area (Å²) in [5.74, 6) is -2.58. The highest BCUT2D eigenvalue weighted by molar-refractivity contribution is 5.88. The predicted molar refractivity (Wildman–Crippen MR) is 155 cm³/mol. The number of carboxylic acids is 3. The maximum atomic E-state index is 10.3. The van der Waals surface area contributed by atoms with Gasteiger partial charge in [-0.1, -0.05) is 36.4 Å². The van der Waals surface area contributed by atoms with Crippen LogP contribution >= 0.6 is 0 Å². The normalized spacial score (nSPS) is 12.1. The average Bonchev–Trinajstić information content (AvgIpc) is 2.97. The SMILES string of the molecule is COc1cccc(CN(CC2=Cc3ccccc3OC2)Cc2ccccn2)c1OC.O=C(O)CC(O)(CC(=O)O)C(=O)O. The highest BCUT2D eigenvalue weighted by Gasteiger charge is 2.40. The molecule has 1 aliphatic rings. The molecule has 0 saturated carbocycles. The minimum atomic E-state index is -2.74. The Balaban J connectivity index is 0.000000331. The first-order valence-electron chi connectivity index (χ1n) is 13.2. The molecule has 0 unspecified atom stereocenters. The lowest BCUT2D eigenvalue weighted by molar-refractivity contribution is -0.170. The number of aromatic nitrogens is 1. The van der Waals surface area contributed by atoms with Gasteiger partial charge < -0.3 is 34.6 Å². The van der Waals surface area contributed by atoms with Gasteiger partial charge in [-0.2, -0.15) is 0 Å². The van der Waals surface area contributed by atoms with E-state index in [1.54, 1.807) is 14.2 Å². The number of fused-ring (bicyclic) bond motifs is 1. The van der Waals surface area contributed by atoms with Gasteiger partial charge in [-0.05, 0) is 35.9 Å². The molecule has 4 rings (SSSR count). The molecule has 1 aliphatic heterocycles. The molecule has 0 aliphatic carbocycles. The lowest BCUT2D eigenvalue weighted by atomic mass is 9.96. The maximum Gasteiger partial charge on any atom is 0.336 e. The fourth-order valence-corrected chi connectivity index (χ4v) is 4.46. The average molecular weight is 595 g/mol. The van der Waals surface area contributed by atoms with Crippen LogP contribution in [0.1, 0.15) is 29.7 Å². The van der Waals surface area contributed by atoms with Crippen molar-refractivity contribution in [3.63, 3.8) is 0 Å². The standard InChI is InChI=1S/C25H26N2O3.C6H8O7/c1-28-24-12-7-9-21(25(24)29-2)16-27(17-22-10-5-6-13-26-22)15-19-14-20-8-3-4-11-23(20)30-18-19;7-3(8)1-6(13,5(11)12)2-4(9)10/h3-14H,15-18H2,1-2H3;13H,1-2H2,(H,7,8)(H,9,10)(H,11,12). The van der Waals surface area contributed by atoms with Gasteiger partial charge in [-0.3, -0.25) is 19.5 Å². The van der Waals surface area contributed by atoms with Crippen molar-refractivity contribution in [2.45, 2.75) is 31.5 Å². The van der Waals surface area contributed by atoms with Gasteiger partial charge in [0.05, 0.1) is 32.8 Å². The highest BCUT2D eigenvalue weighted by atomic mass is 16.5. The summed E-state index contributed by atoms with van der Waals surface area (Å²) < 4.78 is 17.1. The van der Waals surface area contributed by atoms with Gasteiger partial charge in [0.2, 0.25) is 0 Å². The van der Waals surface area contributed by atoms with Crippen molar-refractivity contribution >= 4 is 24.0 Å². The molecule has 0 bridgehead atoms. The Hall–Kier alpha value is -4.94. The van der Waals surface area contributed by atoms with E-state index in [4.69, 9.17) is 34.6 Å². The second kappa shape index (κ2) is 15.3. The lowest BCUT2D eigenvalue weighted by Gasteiger charge is -2.26. The summed E-state index contributed by atoms with van der Waals surface area (Å²) in [6, 6.07) is 20.1. The second-order valence-corrected chi connectivity index (χ2v) is 9.73. The molecule has 43 heavy (non-hydrogen) atoms. The lowest BCUT2D eigenvalue weighted by Crippen LogP contribution is -2.42. The Morgan fingerprint density at radius 3 is 2.19 bits per heavy atom. The first kappa shape index (κ1) is 32.6. The quantitative estimate of drug-likeness (QED) is 0.227. The second-order valence-electron chi connectivity index (χ2n) is 9.73. The van der Waals surface area contributed by atoms with Crippen LogP contribution < -0.4 is 14.2 Å². The molecule has 1 aromatic heterocycles. The van der Waals surface area contributed by atoms with Gasteiger partial charge in [-0.15, -0.1) is 0 Å². The number of aliphatic hydroxyl groups is 1. The molecular weight excluding hydrogens is 560 g/mol. The van der Waals surface area contributed by atoms with Crippen LogP contribution in [0.25, 0.3) is 6.08 Å². The first-order chi connectivity index (χ1) is 20.5. The summed E-state index contributed by atoms with van der Waals surface area (Å²) in [4.78, 5) is 37.4. The van der Waals surface area contributed by atoms with Crippen molar-refractivity contribution in [3.05, 3.63) is 89.3 Å². The number of pyridine rings is 1. The van der Waals surface area contributed by atoms with Gasteiger partial charge in [0, 0.05) is 37.0 Å². The third-order valence-electron chi connectivity index (χ3n) is 6.39. The van der Waals surface area contributed by atoms with Crippen molar-refractivity contribution in [1.29, 1.82) is 0 Å². The molecule has 4 N–H and O–H groups in total. The number of aliphatic carboxylic acids is 3. The summed E-state index contributed by atoms with van der Waals surface area (Å²) >= 11 is 0. The van der Waals surface area contributed by atoms with Crippen LogP contribution in [-0.2, 0) is 27.5 Å². The van der Waals surface area contributed by atoms with E-state index in [0.29, 0.717) is 13.2 Å². The molecule has 3 aromatic rings. The molecule has 0 saturated heterocycles. The molecule has 0 fully saturated rings. The van der Waals surface area contributed by atoms with Gasteiger partial charge in [0.25, 0.3) is 0 Å². The van der Waals surface area contributed by atoms with Crippen LogP contribution in [0.4, 0.5) is 0 Å². The van der Waals surface area contributed by atoms with Gasteiger partial charge in [0.15, 0.2) is 17.1 Å².